The molecule has 0 radical (unpaired) electrons. The Morgan fingerprint density at radius 3 is 2.26 bits per heavy atom. The molecular formula is C29H42FNO3. The summed E-state index contributed by atoms with van der Waals surface area (Å²) in [5.41, 5.74) is 2.34. The second kappa shape index (κ2) is 15.1. The van der Waals surface area contributed by atoms with Crippen LogP contribution < -0.4 is 4.74 Å². The zero-order valence-corrected chi connectivity index (χ0v) is 21.1. The highest BCUT2D eigenvalue weighted by Crippen LogP contribution is 2.29. The van der Waals surface area contributed by atoms with Crippen LogP contribution in [0.2, 0.25) is 0 Å². The Kier molecular flexibility index (Phi) is 11.8. The van der Waals surface area contributed by atoms with Crippen LogP contribution in [0.4, 0.5) is 4.39 Å². The summed E-state index contributed by atoms with van der Waals surface area (Å²) in [6.07, 6.45) is 14.9. The highest BCUT2D eigenvalue weighted by molar-refractivity contribution is 5.60. The van der Waals surface area contributed by atoms with Crippen molar-refractivity contribution in [1.29, 1.82) is 0 Å². The molecular weight excluding hydrogens is 429 g/mol. The second-order valence-electron chi connectivity index (χ2n) is 9.45. The van der Waals surface area contributed by atoms with Gasteiger partial charge in [-0.3, -0.25) is 4.98 Å². The van der Waals surface area contributed by atoms with E-state index in [1.165, 1.54) is 63.9 Å². The van der Waals surface area contributed by atoms with E-state index in [1.54, 1.807) is 12.3 Å². The summed E-state index contributed by atoms with van der Waals surface area (Å²) in [5.74, 6) is 0.426. The Morgan fingerprint density at radius 1 is 0.882 bits per heavy atom. The first kappa shape index (κ1) is 26.6. The molecule has 0 N–H and O–H groups in total. The second-order valence-corrected chi connectivity index (χ2v) is 9.45. The first-order chi connectivity index (χ1) is 16.7. The molecule has 1 aliphatic rings. The molecule has 0 atom stereocenters. The molecule has 0 spiro atoms. The van der Waals surface area contributed by atoms with E-state index >= 15 is 0 Å². The van der Waals surface area contributed by atoms with E-state index in [1.807, 2.05) is 18.2 Å². The molecule has 1 aromatic carbocycles. The number of halogens is 1. The van der Waals surface area contributed by atoms with E-state index < -0.39 is 0 Å². The molecule has 4 nitrogen and oxygen atoms in total. The SMILES string of the molecule is CCCCCCCC[C@H]1CO[C@H](c2ccc(-c3ccc(OCCCCCC)c(F)c3)nc2)OC1. The topological polar surface area (TPSA) is 40.6 Å². The van der Waals surface area contributed by atoms with E-state index in [-0.39, 0.29) is 12.1 Å². The minimum Gasteiger partial charge on any atom is -0.491 e. The van der Waals surface area contributed by atoms with E-state index in [0.717, 1.165) is 37.2 Å². The lowest BCUT2D eigenvalue weighted by Crippen LogP contribution is -2.27. The molecule has 0 aliphatic carbocycles. The third-order valence-electron chi connectivity index (χ3n) is 6.47. The van der Waals surface area contributed by atoms with Gasteiger partial charge in [0.1, 0.15) is 0 Å². The molecule has 3 rings (SSSR count). The number of unbranched alkanes of at least 4 members (excludes halogenated alkanes) is 8. The van der Waals surface area contributed by atoms with Crippen molar-refractivity contribution in [2.24, 2.45) is 5.92 Å². The van der Waals surface area contributed by atoms with Crippen molar-refractivity contribution in [3.05, 3.63) is 47.9 Å². The van der Waals surface area contributed by atoms with E-state index in [9.17, 15) is 4.39 Å². The van der Waals surface area contributed by atoms with Gasteiger partial charge in [-0.1, -0.05) is 77.7 Å². The summed E-state index contributed by atoms with van der Waals surface area (Å²) in [4.78, 5) is 4.53. The lowest BCUT2D eigenvalue weighted by atomic mass is 10.0. The van der Waals surface area contributed by atoms with Crippen molar-refractivity contribution >= 4 is 0 Å². The van der Waals surface area contributed by atoms with Crippen LogP contribution in [-0.4, -0.2) is 24.8 Å². The van der Waals surface area contributed by atoms with Crippen LogP contribution in [0.25, 0.3) is 11.3 Å². The van der Waals surface area contributed by atoms with E-state index in [2.05, 4.69) is 18.8 Å². The Balaban J connectivity index is 1.43. The van der Waals surface area contributed by atoms with Crippen LogP contribution in [-0.2, 0) is 9.47 Å². The number of ether oxygens (including phenoxy) is 3. The number of hydrogen-bond acceptors (Lipinski definition) is 4. The first-order valence-corrected chi connectivity index (χ1v) is 13.3. The summed E-state index contributed by atoms with van der Waals surface area (Å²) in [6, 6.07) is 8.88. The highest BCUT2D eigenvalue weighted by Gasteiger charge is 2.23. The summed E-state index contributed by atoms with van der Waals surface area (Å²) in [6.45, 7) is 6.42. The summed E-state index contributed by atoms with van der Waals surface area (Å²) in [5, 5.41) is 0. The lowest BCUT2D eigenvalue weighted by molar-refractivity contribution is -0.206. The fraction of sp³-hybridized carbons (Fsp3) is 0.621. The smallest absolute Gasteiger partial charge is 0.185 e. The predicted octanol–water partition coefficient (Wildman–Crippen LogP) is 8.26. The zero-order valence-electron chi connectivity index (χ0n) is 21.1. The number of aromatic nitrogens is 1. The molecule has 1 aliphatic heterocycles. The van der Waals surface area contributed by atoms with Crippen molar-refractivity contribution in [3.63, 3.8) is 0 Å². The largest absolute Gasteiger partial charge is 0.491 e. The molecule has 2 aromatic rings. The van der Waals surface area contributed by atoms with Gasteiger partial charge < -0.3 is 14.2 Å². The maximum absolute atomic E-state index is 14.5. The van der Waals surface area contributed by atoms with Gasteiger partial charge in [0, 0.05) is 23.2 Å². The Bertz CT molecular complexity index is 819. The van der Waals surface area contributed by atoms with Gasteiger partial charge in [0.05, 0.1) is 25.5 Å². The molecule has 188 valence electrons. The normalized spacial score (nSPS) is 18.2. The minimum absolute atomic E-state index is 0.302. The molecule has 0 unspecified atom stereocenters. The number of nitrogens with zero attached hydrogens (tertiary/aromatic N) is 1. The minimum atomic E-state index is -0.373. The van der Waals surface area contributed by atoms with E-state index in [4.69, 9.17) is 14.2 Å². The molecule has 1 fully saturated rings. The van der Waals surface area contributed by atoms with Crippen molar-refractivity contribution in [3.8, 4) is 17.0 Å². The van der Waals surface area contributed by atoms with Crippen LogP contribution in [0.3, 0.4) is 0 Å². The standard InChI is InChI=1S/C29H42FNO3/c1-3-5-7-9-10-11-13-23-21-33-29(34-22-23)25-14-16-27(31-20-25)24-15-17-28(26(30)19-24)32-18-12-8-6-4-2/h14-17,19-20,23,29H,3-13,18,21-22H2,1-2H3/t23-,29-. The van der Waals surface area contributed by atoms with Crippen molar-refractivity contribution in [2.45, 2.75) is 90.8 Å². The van der Waals surface area contributed by atoms with Crippen molar-refractivity contribution in [2.75, 3.05) is 19.8 Å². The lowest BCUT2D eigenvalue weighted by Gasteiger charge is -2.29. The number of pyridine rings is 1. The van der Waals surface area contributed by atoms with Gasteiger partial charge in [-0.2, -0.15) is 0 Å². The molecule has 34 heavy (non-hydrogen) atoms. The summed E-state index contributed by atoms with van der Waals surface area (Å²) < 4.78 is 32.0. The number of benzene rings is 1. The van der Waals surface area contributed by atoms with Gasteiger partial charge in [-0.25, -0.2) is 4.39 Å². The van der Waals surface area contributed by atoms with Gasteiger partial charge >= 0.3 is 0 Å². The summed E-state index contributed by atoms with van der Waals surface area (Å²) in [7, 11) is 0. The van der Waals surface area contributed by atoms with Crippen LogP contribution in [0.1, 0.15) is 96.3 Å². The van der Waals surface area contributed by atoms with Crippen molar-refractivity contribution in [1.82, 2.24) is 4.98 Å². The zero-order chi connectivity index (χ0) is 24.0. The Labute approximate surface area is 205 Å². The molecule has 0 saturated carbocycles. The molecule has 2 heterocycles. The fourth-order valence-corrected chi connectivity index (χ4v) is 4.32. The van der Waals surface area contributed by atoms with Crippen LogP contribution >= 0.6 is 0 Å². The maximum Gasteiger partial charge on any atom is 0.185 e. The third-order valence-corrected chi connectivity index (χ3v) is 6.47. The highest BCUT2D eigenvalue weighted by atomic mass is 19.1. The number of rotatable bonds is 15. The maximum atomic E-state index is 14.5. The Hall–Kier alpha value is -1.98. The van der Waals surface area contributed by atoms with Crippen LogP contribution in [0, 0.1) is 11.7 Å². The third kappa shape index (κ3) is 8.66. The van der Waals surface area contributed by atoms with E-state index in [0.29, 0.717) is 24.0 Å². The fourth-order valence-electron chi connectivity index (χ4n) is 4.32. The monoisotopic (exact) mass is 471 g/mol. The molecule has 5 heteroatoms. The van der Waals surface area contributed by atoms with Gasteiger partial charge in [-0.15, -0.1) is 0 Å². The van der Waals surface area contributed by atoms with Gasteiger partial charge in [0.2, 0.25) is 0 Å². The van der Waals surface area contributed by atoms with Crippen LogP contribution in [0.5, 0.6) is 5.75 Å². The van der Waals surface area contributed by atoms with Gasteiger partial charge in [0.25, 0.3) is 0 Å². The van der Waals surface area contributed by atoms with Crippen LogP contribution in [0.15, 0.2) is 36.5 Å². The van der Waals surface area contributed by atoms with Gasteiger partial charge in [-0.05, 0) is 37.1 Å². The average Bonchev–Trinajstić information content (AvgIpc) is 2.87. The first-order valence-electron chi connectivity index (χ1n) is 13.3. The quantitative estimate of drug-likeness (QED) is 0.245. The predicted molar refractivity (Wildman–Crippen MR) is 135 cm³/mol. The average molecular weight is 472 g/mol. The number of hydrogen-bond donors (Lipinski definition) is 0. The Morgan fingerprint density at radius 2 is 1.59 bits per heavy atom. The van der Waals surface area contributed by atoms with Crippen molar-refractivity contribution < 1.29 is 18.6 Å². The molecule has 0 amide bonds. The molecule has 1 aromatic heterocycles. The van der Waals surface area contributed by atoms with Gasteiger partial charge in [0.15, 0.2) is 17.9 Å². The summed E-state index contributed by atoms with van der Waals surface area (Å²) >= 11 is 0. The molecule has 1 saturated heterocycles. The molecule has 0 bridgehead atoms.